The van der Waals surface area contributed by atoms with Gasteiger partial charge in [0.2, 0.25) is 5.91 Å². The van der Waals surface area contributed by atoms with Gasteiger partial charge < -0.3 is 19.1 Å². The smallest absolute Gasteiger partial charge is 0.294 e. The van der Waals surface area contributed by atoms with Crippen molar-refractivity contribution in [2.75, 3.05) is 47.1 Å². The van der Waals surface area contributed by atoms with Crippen molar-refractivity contribution in [1.82, 2.24) is 9.80 Å². The predicted octanol–water partition coefficient (Wildman–Crippen LogP) is 2.20. The molecule has 0 aromatic heterocycles. The van der Waals surface area contributed by atoms with Crippen molar-refractivity contribution in [3.05, 3.63) is 26.2 Å². The molecule has 1 aromatic rings. The number of benzene rings is 1. The summed E-state index contributed by atoms with van der Waals surface area (Å²) in [6.45, 7) is 1.60. The molecule has 1 aromatic carbocycles. The zero-order chi connectivity index (χ0) is 20.3. The zero-order valence-electron chi connectivity index (χ0n) is 15.4. The van der Waals surface area contributed by atoms with Gasteiger partial charge in [-0.1, -0.05) is 0 Å². The lowest BCUT2D eigenvalue weighted by Gasteiger charge is -2.28. The third-order valence-corrected chi connectivity index (χ3v) is 5.99. The molecule has 0 aliphatic carbocycles. The molecule has 0 atom stereocenters. The summed E-state index contributed by atoms with van der Waals surface area (Å²) in [7, 11) is 3.08. The summed E-state index contributed by atoms with van der Waals surface area (Å²) in [5.41, 5.74) is 0.701. The number of hydrogen-bond acceptors (Lipinski definition) is 7. The van der Waals surface area contributed by atoms with E-state index in [1.54, 1.807) is 24.2 Å². The van der Waals surface area contributed by atoms with Crippen molar-refractivity contribution in [1.29, 1.82) is 0 Å². The second-order valence-electron chi connectivity index (χ2n) is 6.00. The van der Waals surface area contributed by atoms with Crippen molar-refractivity contribution in [2.24, 2.45) is 0 Å². The van der Waals surface area contributed by atoms with E-state index >= 15 is 0 Å². The number of morpholine rings is 1. The lowest BCUT2D eigenvalue weighted by atomic mass is 10.2. The Morgan fingerprint density at radius 1 is 1.25 bits per heavy atom. The highest BCUT2D eigenvalue weighted by Crippen LogP contribution is 2.37. The average molecular weight is 518 g/mol. The summed E-state index contributed by atoms with van der Waals surface area (Å²) < 4.78 is 16.7. The van der Waals surface area contributed by atoms with E-state index in [-0.39, 0.29) is 17.4 Å². The van der Waals surface area contributed by atoms with E-state index in [0.29, 0.717) is 43.4 Å². The van der Waals surface area contributed by atoms with Crippen LogP contribution in [0, 0.1) is 3.57 Å². The van der Waals surface area contributed by atoms with Gasteiger partial charge in [-0.15, -0.1) is 0 Å². The number of methoxy groups -OCH3 is 2. The summed E-state index contributed by atoms with van der Waals surface area (Å²) in [6.07, 6.45) is 1.62. The fraction of sp³-hybridized carbons (Fsp3) is 0.389. The fourth-order valence-corrected chi connectivity index (χ4v) is 4.54. The van der Waals surface area contributed by atoms with Crippen LogP contribution in [0.25, 0.3) is 6.08 Å². The van der Waals surface area contributed by atoms with E-state index in [4.69, 9.17) is 14.2 Å². The molecule has 10 heteroatoms. The molecule has 0 spiro atoms. The van der Waals surface area contributed by atoms with Crippen molar-refractivity contribution in [2.45, 2.75) is 0 Å². The number of ether oxygens (including phenoxy) is 3. The van der Waals surface area contributed by atoms with Gasteiger partial charge in [-0.25, -0.2) is 0 Å². The highest BCUT2D eigenvalue weighted by Gasteiger charge is 2.37. The molecule has 3 amide bonds. The SMILES string of the molecule is COc1cc(/C=C2\SC(=O)N(CC(=O)N3CCOCC3)C2=O)cc(I)c1OC. The molecule has 0 saturated carbocycles. The maximum atomic E-state index is 12.7. The van der Waals surface area contributed by atoms with Gasteiger partial charge in [-0.3, -0.25) is 19.3 Å². The number of halogens is 1. The van der Waals surface area contributed by atoms with Crippen molar-refractivity contribution in [3.63, 3.8) is 0 Å². The quantitative estimate of drug-likeness (QED) is 0.437. The molecular formula is C18H19IN2O6S. The largest absolute Gasteiger partial charge is 0.493 e. The van der Waals surface area contributed by atoms with Gasteiger partial charge in [0.1, 0.15) is 6.54 Å². The molecule has 150 valence electrons. The summed E-state index contributed by atoms with van der Waals surface area (Å²) in [6, 6.07) is 3.56. The Balaban J connectivity index is 1.77. The first-order valence-corrected chi connectivity index (χ1v) is 10.4. The molecule has 8 nitrogen and oxygen atoms in total. The van der Waals surface area contributed by atoms with Crippen molar-refractivity contribution >= 4 is 57.5 Å². The molecule has 3 rings (SSSR count). The normalized spacial score (nSPS) is 18.8. The number of carbonyl (C=O) groups is 3. The molecule has 0 bridgehead atoms. The van der Waals surface area contributed by atoms with Crippen LogP contribution in [0.1, 0.15) is 5.56 Å². The van der Waals surface area contributed by atoms with Crippen LogP contribution in [-0.4, -0.2) is 73.9 Å². The van der Waals surface area contributed by atoms with Crippen LogP contribution < -0.4 is 9.47 Å². The van der Waals surface area contributed by atoms with Crippen molar-refractivity contribution < 1.29 is 28.6 Å². The number of rotatable bonds is 5. The molecule has 2 fully saturated rings. The first kappa shape index (κ1) is 20.9. The van der Waals surface area contributed by atoms with Gasteiger partial charge in [-0.2, -0.15) is 0 Å². The first-order valence-electron chi connectivity index (χ1n) is 8.47. The van der Waals surface area contributed by atoms with Crippen LogP contribution in [0.4, 0.5) is 4.79 Å². The van der Waals surface area contributed by atoms with E-state index in [2.05, 4.69) is 22.6 Å². The van der Waals surface area contributed by atoms with Gasteiger partial charge in [0.25, 0.3) is 11.1 Å². The first-order chi connectivity index (χ1) is 13.4. The number of nitrogens with zero attached hydrogens (tertiary/aromatic N) is 2. The van der Waals surface area contributed by atoms with Crippen LogP contribution in [0.2, 0.25) is 0 Å². The third-order valence-electron chi connectivity index (χ3n) is 4.28. The molecule has 2 saturated heterocycles. The predicted molar refractivity (Wildman–Crippen MR) is 112 cm³/mol. The van der Waals surface area contributed by atoms with E-state index in [9.17, 15) is 14.4 Å². The standard InChI is InChI=1S/C18H19IN2O6S/c1-25-13-8-11(7-12(19)16(13)26-2)9-14-17(23)21(18(24)28-14)10-15(22)20-3-5-27-6-4-20/h7-9H,3-6,10H2,1-2H3/b14-9-. The number of hydrogen-bond donors (Lipinski definition) is 0. The van der Waals surface area contributed by atoms with Crippen LogP contribution in [0.5, 0.6) is 11.5 Å². The van der Waals surface area contributed by atoms with Gasteiger partial charge in [-0.05, 0) is 58.1 Å². The number of thioether (sulfide) groups is 1. The molecular weight excluding hydrogens is 499 g/mol. The number of imide groups is 1. The van der Waals surface area contributed by atoms with Crippen LogP contribution in [0.15, 0.2) is 17.0 Å². The Morgan fingerprint density at radius 2 is 1.96 bits per heavy atom. The molecule has 2 aliphatic rings. The van der Waals surface area contributed by atoms with Crippen molar-refractivity contribution in [3.8, 4) is 11.5 Å². The Morgan fingerprint density at radius 3 is 2.61 bits per heavy atom. The second kappa shape index (κ2) is 9.14. The molecule has 0 unspecified atom stereocenters. The molecule has 28 heavy (non-hydrogen) atoms. The summed E-state index contributed by atoms with van der Waals surface area (Å²) in [4.78, 5) is 40.2. The zero-order valence-corrected chi connectivity index (χ0v) is 18.4. The van der Waals surface area contributed by atoms with E-state index < -0.39 is 11.1 Å². The summed E-state index contributed by atoms with van der Waals surface area (Å²) in [5.74, 6) is 0.403. The van der Waals surface area contributed by atoms with Gasteiger partial charge in [0.05, 0.1) is 35.9 Å². The van der Waals surface area contributed by atoms with Crippen LogP contribution >= 0.6 is 34.4 Å². The third kappa shape index (κ3) is 4.44. The average Bonchev–Trinajstić information content (AvgIpc) is 2.95. The minimum atomic E-state index is -0.471. The highest BCUT2D eigenvalue weighted by atomic mass is 127. The summed E-state index contributed by atoms with van der Waals surface area (Å²) in [5, 5.41) is -0.451. The molecule has 0 radical (unpaired) electrons. The number of carbonyl (C=O) groups excluding carboxylic acids is 3. The van der Waals surface area contributed by atoms with E-state index in [1.165, 1.54) is 7.11 Å². The van der Waals surface area contributed by atoms with Gasteiger partial charge in [0, 0.05) is 13.1 Å². The van der Waals surface area contributed by atoms with Gasteiger partial charge >= 0.3 is 0 Å². The maximum absolute atomic E-state index is 12.7. The minimum absolute atomic E-state index is 0.257. The lowest BCUT2D eigenvalue weighted by molar-refractivity contribution is -0.139. The second-order valence-corrected chi connectivity index (χ2v) is 8.15. The fourth-order valence-electron chi connectivity index (χ4n) is 2.86. The molecule has 0 N–H and O–H groups in total. The van der Waals surface area contributed by atoms with E-state index in [0.717, 1.165) is 20.2 Å². The molecule has 2 heterocycles. The number of amides is 3. The Labute approximate surface area is 180 Å². The highest BCUT2D eigenvalue weighted by molar-refractivity contribution is 14.1. The van der Waals surface area contributed by atoms with Gasteiger partial charge in [0.15, 0.2) is 11.5 Å². The summed E-state index contributed by atoms with van der Waals surface area (Å²) >= 11 is 2.94. The van der Waals surface area contributed by atoms with Crippen LogP contribution in [0.3, 0.4) is 0 Å². The lowest BCUT2D eigenvalue weighted by Crippen LogP contribution is -2.46. The Kier molecular flexibility index (Phi) is 6.83. The topological polar surface area (TPSA) is 85.4 Å². The Bertz CT molecular complexity index is 838. The van der Waals surface area contributed by atoms with Crippen LogP contribution in [-0.2, 0) is 14.3 Å². The maximum Gasteiger partial charge on any atom is 0.294 e. The Hall–Kier alpha value is -1.79. The van der Waals surface area contributed by atoms with E-state index in [1.807, 2.05) is 6.07 Å². The monoisotopic (exact) mass is 518 g/mol. The molecule has 2 aliphatic heterocycles. The minimum Gasteiger partial charge on any atom is -0.493 e.